The number of halogens is 3. The van der Waals surface area contributed by atoms with E-state index >= 15 is 0 Å². The molecule has 0 aromatic carbocycles. The van der Waals surface area contributed by atoms with Gasteiger partial charge in [0.05, 0.1) is 12.4 Å². The molecule has 0 aliphatic carbocycles. The van der Waals surface area contributed by atoms with Crippen molar-refractivity contribution in [3.05, 3.63) is 18.1 Å². The Morgan fingerprint density at radius 2 is 2.06 bits per heavy atom. The molecule has 8 heteroatoms. The van der Waals surface area contributed by atoms with E-state index < -0.39 is 18.6 Å². The summed E-state index contributed by atoms with van der Waals surface area (Å²) < 4.78 is 35.4. The number of amides is 1. The number of hydrogen-bond donors (Lipinski definition) is 2. The van der Waals surface area contributed by atoms with Crippen molar-refractivity contribution < 1.29 is 18.0 Å². The predicted octanol–water partition coefficient (Wildman–Crippen LogP) is 0.810. The van der Waals surface area contributed by atoms with Crippen LogP contribution in [0.15, 0.2) is 12.4 Å². The summed E-state index contributed by atoms with van der Waals surface area (Å²) >= 11 is 0. The zero-order chi connectivity index (χ0) is 12.2. The van der Waals surface area contributed by atoms with Gasteiger partial charge in [-0.1, -0.05) is 0 Å². The maximum absolute atomic E-state index is 11.8. The molecule has 88 valence electrons. The lowest BCUT2D eigenvalue weighted by atomic mass is 10.4. The SMILES string of the molecule is CNc1cnc(C(=O)NCC(F)(F)F)cn1. The third kappa shape index (κ3) is 3.71. The minimum Gasteiger partial charge on any atom is -0.372 e. The number of rotatable bonds is 3. The Hall–Kier alpha value is -1.86. The van der Waals surface area contributed by atoms with Crippen molar-refractivity contribution in [2.45, 2.75) is 6.18 Å². The molecule has 0 unspecified atom stereocenters. The Labute approximate surface area is 89.1 Å². The summed E-state index contributed by atoms with van der Waals surface area (Å²) in [5.41, 5.74) is -0.164. The number of hydrogen-bond acceptors (Lipinski definition) is 4. The van der Waals surface area contributed by atoms with Gasteiger partial charge in [-0.15, -0.1) is 0 Å². The normalized spacial score (nSPS) is 11.0. The van der Waals surface area contributed by atoms with Crippen LogP contribution < -0.4 is 10.6 Å². The highest BCUT2D eigenvalue weighted by atomic mass is 19.4. The molecule has 1 heterocycles. The second-order valence-electron chi connectivity index (χ2n) is 2.83. The van der Waals surface area contributed by atoms with Gasteiger partial charge in [0.25, 0.3) is 5.91 Å². The van der Waals surface area contributed by atoms with E-state index in [0.29, 0.717) is 5.82 Å². The lowest BCUT2D eigenvalue weighted by Gasteiger charge is -2.07. The third-order valence-corrected chi connectivity index (χ3v) is 1.59. The van der Waals surface area contributed by atoms with Crippen molar-refractivity contribution in [3.63, 3.8) is 0 Å². The Morgan fingerprint density at radius 1 is 1.38 bits per heavy atom. The lowest BCUT2D eigenvalue weighted by molar-refractivity contribution is -0.123. The first-order chi connectivity index (χ1) is 7.42. The number of aromatic nitrogens is 2. The first kappa shape index (κ1) is 12.2. The molecule has 5 nitrogen and oxygen atoms in total. The van der Waals surface area contributed by atoms with Crippen molar-refractivity contribution in [1.29, 1.82) is 0 Å². The topological polar surface area (TPSA) is 66.9 Å². The molecule has 1 aromatic heterocycles. The Bertz CT molecular complexity index is 363. The van der Waals surface area contributed by atoms with Crippen LogP contribution in [0.1, 0.15) is 10.5 Å². The van der Waals surface area contributed by atoms with Gasteiger partial charge in [-0.2, -0.15) is 13.2 Å². The van der Waals surface area contributed by atoms with E-state index in [-0.39, 0.29) is 5.69 Å². The number of carbonyl (C=O) groups is 1. The Balaban J connectivity index is 2.59. The van der Waals surface area contributed by atoms with E-state index in [1.165, 1.54) is 6.20 Å². The van der Waals surface area contributed by atoms with Gasteiger partial charge in [0.2, 0.25) is 0 Å². The van der Waals surface area contributed by atoms with E-state index in [4.69, 9.17) is 0 Å². The van der Waals surface area contributed by atoms with Crippen molar-refractivity contribution in [3.8, 4) is 0 Å². The van der Waals surface area contributed by atoms with Crippen LogP contribution in [0.25, 0.3) is 0 Å². The molecule has 0 aliphatic heterocycles. The second kappa shape index (κ2) is 4.77. The lowest BCUT2D eigenvalue weighted by Crippen LogP contribution is -2.34. The first-order valence-corrected chi connectivity index (χ1v) is 4.27. The van der Waals surface area contributed by atoms with E-state index in [1.807, 2.05) is 0 Å². The molecular weight excluding hydrogens is 225 g/mol. The standard InChI is InChI=1S/C8H9F3N4O/c1-12-6-3-13-5(2-14-6)7(16)15-4-8(9,10)11/h2-3H,4H2,1H3,(H,12,14)(H,15,16). The third-order valence-electron chi connectivity index (χ3n) is 1.59. The Morgan fingerprint density at radius 3 is 2.50 bits per heavy atom. The van der Waals surface area contributed by atoms with Crippen LogP contribution in [0.3, 0.4) is 0 Å². The minimum atomic E-state index is -4.44. The van der Waals surface area contributed by atoms with Crippen molar-refractivity contribution in [2.75, 3.05) is 18.9 Å². The van der Waals surface area contributed by atoms with Crippen LogP contribution in [0.4, 0.5) is 19.0 Å². The molecule has 0 bridgehead atoms. The number of carbonyl (C=O) groups excluding carboxylic acids is 1. The predicted molar refractivity (Wildman–Crippen MR) is 50.0 cm³/mol. The highest BCUT2D eigenvalue weighted by molar-refractivity contribution is 5.92. The fourth-order valence-corrected chi connectivity index (χ4v) is 0.845. The van der Waals surface area contributed by atoms with Crippen LogP contribution in [0.2, 0.25) is 0 Å². The number of nitrogens with one attached hydrogen (secondary N) is 2. The summed E-state index contributed by atoms with van der Waals surface area (Å²) in [4.78, 5) is 18.5. The molecule has 0 saturated heterocycles. The molecule has 0 fully saturated rings. The summed E-state index contributed by atoms with van der Waals surface area (Å²) in [6.07, 6.45) is -2.09. The highest BCUT2D eigenvalue weighted by Gasteiger charge is 2.28. The van der Waals surface area contributed by atoms with Crippen molar-refractivity contribution in [1.82, 2.24) is 15.3 Å². The van der Waals surface area contributed by atoms with Gasteiger partial charge in [-0.3, -0.25) is 4.79 Å². The average Bonchev–Trinajstić information content (AvgIpc) is 2.25. The zero-order valence-electron chi connectivity index (χ0n) is 8.30. The molecule has 16 heavy (non-hydrogen) atoms. The van der Waals surface area contributed by atoms with E-state index in [1.54, 1.807) is 12.4 Å². The fraction of sp³-hybridized carbons (Fsp3) is 0.375. The minimum absolute atomic E-state index is 0.164. The number of anilines is 1. The van der Waals surface area contributed by atoms with Crippen LogP contribution in [-0.4, -0.2) is 35.6 Å². The first-order valence-electron chi connectivity index (χ1n) is 4.27. The monoisotopic (exact) mass is 234 g/mol. The summed E-state index contributed by atoms with van der Waals surface area (Å²) in [5, 5.41) is 4.35. The van der Waals surface area contributed by atoms with Gasteiger partial charge >= 0.3 is 6.18 Å². The molecule has 1 rings (SSSR count). The molecule has 0 atom stereocenters. The molecule has 0 aliphatic rings. The van der Waals surface area contributed by atoms with Gasteiger partial charge in [-0.25, -0.2) is 9.97 Å². The van der Waals surface area contributed by atoms with E-state index in [2.05, 4.69) is 15.3 Å². The largest absolute Gasteiger partial charge is 0.405 e. The number of alkyl halides is 3. The van der Waals surface area contributed by atoms with E-state index in [0.717, 1.165) is 6.20 Å². The van der Waals surface area contributed by atoms with Crippen LogP contribution in [0, 0.1) is 0 Å². The van der Waals surface area contributed by atoms with Gasteiger partial charge < -0.3 is 10.6 Å². The highest BCUT2D eigenvalue weighted by Crippen LogP contribution is 2.12. The quantitative estimate of drug-likeness (QED) is 0.812. The zero-order valence-corrected chi connectivity index (χ0v) is 8.30. The van der Waals surface area contributed by atoms with Gasteiger partial charge in [-0.05, 0) is 0 Å². The van der Waals surface area contributed by atoms with Crippen LogP contribution in [0.5, 0.6) is 0 Å². The maximum atomic E-state index is 11.8. The van der Waals surface area contributed by atoms with Gasteiger partial charge in [0, 0.05) is 7.05 Å². The van der Waals surface area contributed by atoms with Crippen molar-refractivity contribution >= 4 is 11.7 Å². The smallest absolute Gasteiger partial charge is 0.372 e. The molecule has 2 N–H and O–H groups in total. The van der Waals surface area contributed by atoms with Gasteiger partial charge in [0.15, 0.2) is 0 Å². The summed E-state index contributed by atoms with van der Waals surface area (Å²) in [6, 6.07) is 0. The average molecular weight is 234 g/mol. The molecule has 0 radical (unpaired) electrons. The second-order valence-corrected chi connectivity index (χ2v) is 2.83. The van der Waals surface area contributed by atoms with Crippen LogP contribution in [-0.2, 0) is 0 Å². The molecule has 0 saturated carbocycles. The Kier molecular flexibility index (Phi) is 3.64. The summed E-state index contributed by atoms with van der Waals surface area (Å²) in [7, 11) is 1.60. The molecule has 1 amide bonds. The van der Waals surface area contributed by atoms with Crippen LogP contribution >= 0.6 is 0 Å². The molecule has 1 aromatic rings. The maximum Gasteiger partial charge on any atom is 0.405 e. The van der Waals surface area contributed by atoms with Crippen molar-refractivity contribution in [2.24, 2.45) is 0 Å². The molecule has 0 spiro atoms. The van der Waals surface area contributed by atoms with E-state index in [9.17, 15) is 18.0 Å². The summed E-state index contributed by atoms with van der Waals surface area (Å²) in [6.45, 7) is -1.39. The number of nitrogens with zero attached hydrogens (tertiary/aromatic N) is 2. The summed E-state index contributed by atoms with van der Waals surface area (Å²) in [5.74, 6) is -0.486. The molecular formula is C8H9F3N4O. The van der Waals surface area contributed by atoms with Gasteiger partial charge in [0.1, 0.15) is 18.1 Å². The fourth-order valence-electron chi connectivity index (χ4n) is 0.845.